The van der Waals surface area contributed by atoms with Gasteiger partial charge < -0.3 is 4.74 Å². The summed E-state index contributed by atoms with van der Waals surface area (Å²) in [6.07, 6.45) is 3.01. The normalized spacial score (nSPS) is 14.8. The molecule has 0 N–H and O–H groups in total. The van der Waals surface area contributed by atoms with Gasteiger partial charge >= 0.3 is 0 Å². The fourth-order valence-electron chi connectivity index (χ4n) is 2.52. The molecule has 2 aromatic rings. The summed E-state index contributed by atoms with van der Waals surface area (Å²) < 4.78 is 5.52. The summed E-state index contributed by atoms with van der Waals surface area (Å²) in [5.41, 5.74) is 3.89. The Morgan fingerprint density at radius 2 is 1.95 bits per heavy atom. The van der Waals surface area contributed by atoms with Gasteiger partial charge in [0.05, 0.1) is 12.0 Å². The third-order valence-electron chi connectivity index (χ3n) is 3.60. The van der Waals surface area contributed by atoms with Crippen molar-refractivity contribution in [2.75, 3.05) is 6.61 Å². The van der Waals surface area contributed by atoms with Gasteiger partial charge in [-0.3, -0.25) is 0 Å². The van der Waals surface area contributed by atoms with E-state index >= 15 is 0 Å². The van der Waals surface area contributed by atoms with Gasteiger partial charge in [-0.05, 0) is 35.6 Å². The van der Waals surface area contributed by atoms with Crippen LogP contribution < -0.4 is 4.74 Å². The fraction of sp³-hybridized carbons (Fsp3) is 0.294. The maximum atomic E-state index is 6.45. The molecule has 98 valence electrons. The van der Waals surface area contributed by atoms with Crippen LogP contribution in [0.15, 0.2) is 48.5 Å². The lowest BCUT2D eigenvalue weighted by Gasteiger charge is -2.10. The molecule has 0 saturated heterocycles. The number of rotatable bonds is 4. The molecule has 0 saturated carbocycles. The molecule has 0 radical (unpaired) electrons. The second-order valence-electron chi connectivity index (χ2n) is 4.96. The van der Waals surface area contributed by atoms with E-state index in [0.29, 0.717) is 0 Å². The Morgan fingerprint density at radius 1 is 1.11 bits per heavy atom. The Kier molecular flexibility index (Phi) is 3.74. The van der Waals surface area contributed by atoms with E-state index in [1.54, 1.807) is 0 Å². The van der Waals surface area contributed by atoms with Gasteiger partial charge in [-0.1, -0.05) is 42.5 Å². The lowest BCUT2D eigenvalue weighted by Crippen LogP contribution is -1.94. The van der Waals surface area contributed by atoms with Gasteiger partial charge in [-0.2, -0.15) is 0 Å². The molecule has 19 heavy (non-hydrogen) atoms. The minimum atomic E-state index is 0.0886. The van der Waals surface area contributed by atoms with Gasteiger partial charge in [0.1, 0.15) is 5.75 Å². The number of aryl methyl sites for hydroxylation is 1. The van der Waals surface area contributed by atoms with Crippen LogP contribution in [0.5, 0.6) is 5.75 Å². The number of ether oxygens (including phenoxy) is 1. The lowest BCUT2D eigenvalue weighted by atomic mass is 10.0. The highest BCUT2D eigenvalue weighted by Crippen LogP contribution is 2.29. The van der Waals surface area contributed by atoms with Gasteiger partial charge in [0.25, 0.3) is 0 Å². The van der Waals surface area contributed by atoms with Crippen molar-refractivity contribution in [2.24, 2.45) is 0 Å². The smallest absolute Gasteiger partial charge is 0.122 e. The Labute approximate surface area is 119 Å². The quantitative estimate of drug-likeness (QED) is 0.743. The molecule has 3 rings (SSSR count). The Morgan fingerprint density at radius 3 is 2.79 bits per heavy atom. The molecule has 1 heterocycles. The third kappa shape index (κ3) is 2.93. The highest BCUT2D eigenvalue weighted by atomic mass is 35.5. The average Bonchev–Trinajstić information content (AvgIpc) is 2.93. The van der Waals surface area contributed by atoms with E-state index in [4.69, 9.17) is 16.3 Å². The summed E-state index contributed by atoms with van der Waals surface area (Å²) in [5.74, 6) is 1.05. The Bertz CT molecular complexity index is 550. The topological polar surface area (TPSA) is 9.23 Å². The van der Waals surface area contributed by atoms with Crippen molar-refractivity contribution >= 4 is 11.6 Å². The van der Waals surface area contributed by atoms with Gasteiger partial charge in [-0.15, -0.1) is 11.6 Å². The molecule has 0 fully saturated rings. The monoisotopic (exact) mass is 272 g/mol. The van der Waals surface area contributed by atoms with Crippen molar-refractivity contribution in [3.8, 4) is 5.75 Å². The second kappa shape index (κ2) is 5.66. The van der Waals surface area contributed by atoms with E-state index < -0.39 is 0 Å². The molecule has 1 nitrogen and oxygen atoms in total. The Hall–Kier alpha value is -1.47. The van der Waals surface area contributed by atoms with Crippen molar-refractivity contribution in [3.63, 3.8) is 0 Å². The van der Waals surface area contributed by atoms with E-state index in [0.717, 1.165) is 31.6 Å². The zero-order valence-electron chi connectivity index (χ0n) is 10.8. The van der Waals surface area contributed by atoms with Crippen LogP contribution in [0.1, 0.15) is 28.5 Å². The van der Waals surface area contributed by atoms with Gasteiger partial charge in [-0.25, -0.2) is 0 Å². The van der Waals surface area contributed by atoms with Crippen LogP contribution in [0.2, 0.25) is 0 Å². The predicted octanol–water partition coefficient (Wildman–Crippen LogP) is 4.53. The third-order valence-corrected chi connectivity index (χ3v) is 4.07. The average molecular weight is 273 g/mol. The van der Waals surface area contributed by atoms with Crippen LogP contribution in [0.4, 0.5) is 0 Å². The molecular weight excluding hydrogens is 256 g/mol. The summed E-state index contributed by atoms with van der Waals surface area (Å²) in [5, 5.41) is 0.0886. The number of hydrogen-bond donors (Lipinski definition) is 0. The zero-order valence-corrected chi connectivity index (χ0v) is 11.6. The molecule has 0 aliphatic carbocycles. The van der Waals surface area contributed by atoms with Crippen LogP contribution in [-0.4, -0.2) is 6.61 Å². The maximum absolute atomic E-state index is 6.45. The molecule has 0 bridgehead atoms. The molecule has 0 aromatic heterocycles. The van der Waals surface area contributed by atoms with Crippen LogP contribution >= 0.6 is 11.6 Å². The van der Waals surface area contributed by atoms with Crippen LogP contribution in [0, 0.1) is 0 Å². The first-order chi connectivity index (χ1) is 9.33. The second-order valence-corrected chi connectivity index (χ2v) is 5.48. The van der Waals surface area contributed by atoms with E-state index in [-0.39, 0.29) is 5.38 Å². The molecule has 1 aliphatic rings. The Balaban J connectivity index is 1.63. The number of benzene rings is 2. The van der Waals surface area contributed by atoms with Crippen LogP contribution in [0.3, 0.4) is 0 Å². The lowest BCUT2D eigenvalue weighted by molar-refractivity contribution is 0.357. The molecule has 1 unspecified atom stereocenters. The van der Waals surface area contributed by atoms with Crippen molar-refractivity contribution in [1.29, 1.82) is 0 Å². The standard InChI is InChI=1S/C17H17ClO/c18-16(14-4-2-1-3-5-14)8-6-13-7-9-17-15(12-13)10-11-19-17/h1-5,7,9,12,16H,6,8,10-11H2. The predicted molar refractivity (Wildman–Crippen MR) is 79.0 cm³/mol. The minimum absolute atomic E-state index is 0.0886. The van der Waals surface area contributed by atoms with E-state index in [2.05, 4.69) is 30.3 Å². The summed E-state index contributed by atoms with van der Waals surface area (Å²) in [4.78, 5) is 0. The molecule has 0 spiro atoms. The van der Waals surface area contributed by atoms with Crippen molar-refractivity contribution < 1.29 is 4.74 Å². The van der Waals surface area contributed by atoms with Crippen molar-refractivity contribution in [2.45, 2.75) is 24.6 Å². The summed E-state index contributed by atoms with van der Waals surface area (Å²) in [7, 11) is 0. The summed E-state index contributed by atoms with van der Waals surface area (Å²) in [6.45, 7) is 0.820. The van der Waals surface area contributed by atoms with Crippen LogP contribution in [-0.2, 0) is 12.8 Å². The molecular formula is C17H17ClO. The highest BCUT2D eigenvalue weighted by Gasteiger charge is 2.13. The minimum Gasteiger partial charge on any atom is -0.493 e. The summed E-state index contributed by atoms with van der Waals surface area (Å²) >= 11 is 6.45. The molecule has 2 aromatic carbocycles. The zero-order chi connectivity index (χ0) is 13.1. The molecule has 1 aliphatic heterocycles. The molecule has 1 atom stereocenters. The van der Waals surface area contributed by atoms with Gasteiger partial charge in [0.15, 0.2) is 0 Å². The number of hydrogen-bond acceptors (Lipinski definition) is 1. The fourth-order valence-corrected chi connectivity index (χ4v) is 2.77. The van der Waals surface area contributed by atoms with Crippen molar-refractivity contribution in [1.82, 2.24) is 0 Å². The maximum Gasteiger partial charge on any atom is 0.122 e. The van der Waals surface area contributed by atoms with E-state index in [9.17, 15) is 0 Å². The first-order valence-electron chi connectivity index (χ1n) is 6.76. The number of halogens is 1. The van der Waals surface area contributed by atoms with Crippen LogP contribution in [0.25, 0.3) is 0 Å². The van der Waals surface area contributed by atoms with E-state index in [1.165, 1.54) is 16.7 Å². The largest absolute Gasteiger partial charge is 0.493 e. The molecule has 0 amide bonds. The van der Waals surface area contributed by atoms with E-state index in [1.807, 2.05) is 18.2 Å². The van der Waals surface area contributed by atoms with Crippen molar-refractivity contribution in [3.05, 3.63) is 65.2 Å². The number of fused-ring (bicyclic) bond motifs is 1. The summed E-state index contributed by atoms with van der Waals surface area (Å²) in [6, 6.07) is 16.8. The first kappa shape index (κ1) is 12.6. The van der Waals surface area contributed by atoms with Gasteiger partial charge in [0, 0.05) is 6.42 Å². The van der Waals surface area contributed by atoms with Gasteiger partial charge in [0.2, 0.25) is 0 Å². The molecule has 2 heteroatoms. The first-order valence-corrected chi connectivity index (χ1v) is 7.20. The highest BCUT2D eigenvalue weighted by molar-refractivity contribution is 6.20. The number of alkyl halides is 1. The SMILES string of the molecule is ClC(CCc1ccc2c(c1)CCO2)c1ccccc1.